The van der Waals surface area contributed by atoms with Crippen molar-refractivity contribution in [3.63, 3.8) is 0 Å². The van der Waals surface area contributed by atoms with Crippen LogP contribution in [0.1, 0.15) is 12.1 Å². The maximum Gasteiger partial charge on any atom is 0.236 e. The molecule has 0 amide bonds. The molecule has 90 valence electrons. The van der Waals surface area contributed by atoms with Crippen LogP contribution in [0.5, 0.6) is 0 Å². The number of oxazole rings is 1. The normalized spacial score (nSPS) is 21.1. The molecule has 4 nitrogen and oxygen atoms in total. The minimum Gasteiger partial charge on any atom is -0.444 e. The Morgan fingerprint density at radius 3 is 3.24 bits per heavy atom. The molecule has 1 atom stereocenters. The molecule has 0 spiro atoms. The molecule has 3 rings (SSSR count). The van der Waals surface area contributed by atoms with Crippen LogP contribution in [0.25, 0.3) is 10.8 Å². The van der Waals surface area contributed by atoms with Gasteiger partial charge in [0.05, 0.1) is 10.6 Å². The second-order valence-corrected chi connectivity index (χ2v) is 5.35. The Kier molecular flexibility index (Phi) is 2.96. The van der Waals surface area contributed by atoms with Crippen LogP contribution in [0.3, 0.4) is 0 Å². The Balaban J connectivity index is 1.69. The van der Waals surface area contributed by atoms with Crippen molar-refractivity contribution in [2.24, 2.45) is 5.73 Å². The molecule has 1 fully saturated rings. The van der Waals surface area contributed by atoms with Crippen molar-refractivity contribution >= 4 is 11.3 Å². The molecule has 1 aliphatic heterocycles. The van der Waals surface area contributed by atoms with Gasteiger partial charge < -0.3 is 10.2 Å². The van der Waals surface area contributed by atoms with E-state index in [1.54, 1.807) is 17.6 Å². The van der Waals surface area contributed by atoms with Crippen LogP contribution in [0.15, 0.2) is 28.2 Å². The maximum atomic E-state index is 5.88. The second kappa shape index (κ2) is 4.60. The first-order valence-electron chi connectivity index (χ1n) is 5.77. The predicted molar refractivity (Wildman–Crippen MR) is 67.7 cm³/mol. The highest BCUT2D eigenvalue weighted by Crippen LogP contribution is 2.24. The third kappa shape index (κ3) is 2.41. The van der Waals surface area contributed by atoms with E-state index in [0.29, 0.717) is 6.04 Å². The number of nitrogens with two attached hydrogens (primary N) is 1. The van der Waals surface area contributed by atoms with Crippen LogP contribution in [0.4, 0.5) is 0 Å². The maximum absolute atomic E-state index is 5.88. The van der Waals surface area contributed by atoms with E-state index in [9.17, 15) is 0 Å². The van der Waals surface area contributed by atoms with Crippen molar-refractivity contribution in [2.45, 2.75) is 19.0 Å². The van der Waals surface area contributed by atoms with Crippen LogP contribution in [0.2, 0.25) is 0 Å². The third-order valence-electron chi connectivity index (χ3n) is 2.98. The second-order valence-electron chi connectivity index (χ2n) is 4.41. The zero-order valence-corrected chi connectivity index (χ0v) is 10.3. The molecule has 2 aromatic heterocycles. The van der Waals surface area contributed by atoms with Gasteiger partial charge in [0.25, 0.3) is 0 Å². The fraction of sp³-hybridized carbons (Fsp3) is 0.417. The van der Waals surface area contributed by atoms with Crippen LogP contribution >= 0.6 is 11.3 Å². The number of rotatable bonds is 3. The number of hydrogen-bond donors (Lipinski definition) is 1. The lowest BCUT2D eigenvalue weighted by atomic mass is 10.3. The average Bonchev–Trinajstić information content (AvgIpc) is 3.00. The number of nitrogens with zero attached hydrogens (tertiary/aromatic N) is 2. The van der Waals surface area contributed by atoms with Gasteiger partial charge in [-0.3, -0.25) is 4.90 Å². The molecule has 0 aliphatic carbocycles. The lowest BCUT2D eigenvalue weighted by Gasteiger charge is -2.12. The van der Waals surface area contributed by atoms with E-state index in [-0.39, 0.29) is 0 Å². The molecular formula is C12H15N3OS. The molecule has 0 saturated carbocycles. The fourth-order valence-electron chi connectivity index (χ4n) is 2.13. The monoisotopic (exact) mass is 249 g/mol. The summed E-state index contributed by atoms with van der Waals surface area (Å²) in [5, 5.41) is 2.03. The van der Waals surface area contributed by atoms with E-state index < -0.39 is 0 Å². The summed E-state index contributed by atoms with van der Waals surface area (Å²) in [7, 11) is 0. The van der Waals surface area contributed by atoms with Crippen molar-refractivity contribution < 1.29 is 4.42 Å². The first-order chi connectivity index (χ1) is 8.31. The molecule has 0 unspecified atom stereocenters. The summed E-state index contributed by atoms with van der Waals surface area (Å²) in [6.45, 7) is 2.85. The summed E-state index contributed by atoms with van der Waals surface area (Å²) in [5.41, 5.74) is 6.87. The SMILES string of the molecule is N[C@@H]1CCN(Cc2coc(-c3cccs3)n2)C1. The molecule has 2 aromatic rings. The topological polar surface area (TPSA) is 55.3 Å². The van der Waals surface area contributed by atoms with E-state index in [0.717, 1.165) is 42.5 Å². The minimum absolute atomic E-state index is 0.318. The zero-order chi connectivity index (χ0) is 11.7. The van der Waals surface area contributed by atoms with Gasteiger partial charge in [0, 0.05) is 25.7 Å². The zero-order valence-electron chi connectivity index (χ0n) is 9.50. The van der Waals surface area contributed by atoms with E-state index in [4.69, 9.17) is 10.2 Å². The Morgan fingerprint density at radius 1 is 1.59 bits per heavy atom. The highest BCUT2D eigenvalue weighted by atomic mass is 32.1. The summed E-state index contributed by atoms with van der Waals surface area (Å²) in [6, 6.07) is 4.34. The summed E-state index contributed by atoms with van der Waals surface area (Å²) >= 11 is 1.64. The van der Waals surface area contributed by atoms with Crippen molar-refractivity contribution in [1.29, 1.82) is 0 Å². The first-order valence-corrected chi connectivity index (χ1v) is 6.65. The molecule has 1 saturated heterocycles. The highest BCUT2D eigenvalue weighted by Gasteiger charge is 2.20. The molecule has 0 radical (unpaired) electrons. The standard InChI is InChI=1S/C12H15N3OS/c13-9-3-4-15(6-9)7-10-8-16-12(14-10)11-2-1-5-17-11/h1-2,5,8-9H,3-4,6-7,13H2/t9-/m1/s1. The smallest absolute Gasteiger partial charge is 0.236 e. The first kappa shape index (κ1) is 11.0. The van der Waals surface area contributed by atoms with Crippen LogP contribution in [-0.4, -0.2) is 29.0 Å². The van der Waals surface area contributed by atoms with Crippen molar-refractivity contribution in [1.82, 2.24) is 9.88 Å². The van der Waals surface area contributed by atoms with Gasteiger partial charge in [-0.05, 0) is 17.9 Å². The Labute approximate surface area is 104 Å². The lowest BCUT2D eigenvalue weighted by Crippen LogP contribution is -2.26. The molecule has 0 aromatic carbocycles. The average molecular weight is 249 g/mol. The van der Waals surface area contributed by atoms with Crippen LogP contribution in [0, 0.1) is 0 Å². The summed E-state index contributed by atoms with van der Waals surface area (Å²) in [4.78, 5) is 7.90. The minimum atomic E-state index is 0.318. The van der Waals surface area contributed by atoms with Gasteiger partial charge in [-0.1, -0.05) is 6.07 Å². The van der Waals surface area contributed by atoms with E-state index >= 15 is 0 Å². The van der Waals surface area contributed by atoms with Gasteiger partial charge in [-0.25, -0.2) is 4.98 Å². The largest absolute Gasteiger partial charge is 0.444 e. The number of hydrogen-bond acceptors (Lipinski definition) is 5. The highest BCUT2D eigenvalue weighted by molar-refractivity contribution is 7.13. The lowest BCUT2D eigenvalue weighted by molar-refractivity contribution is 0.322. The molecule has 2 N–H and O–H groups in total. The van der Waals surface area contributed by atoms with Crippen molar-refractivity contribution in [2.75, 3.05) is 13.1 Å². The van der Waals surface area contributed by atoms with E-state index in [1.165, 1.54) is 0 Å². The number of aromatic nitrogens is 1. The van der Waals surface area contributed by atoms with Gasteiger partial charge >= 0.3 is 0 Å². The van der Waals surface area contributed by atoms with Gasteiger partial charge in [-0.15, -0.1) is 11.3 Å². The predicted octanol–water partition coefficient (Wildman–Crippen LogP) is 1.94. The Bertz CT molecular complexity index is 480. The van der Waals surface area contributed by atoms with Crippen LogP contribution < -0.4 is 5.73 Å². The molecular weight excluding hydrogens is 234 g/mol. The van der Waals surface area contributed by atoms with Crippen LogP contribution in [-0.2, 0) is 6.54 Å². The van der Waals surface area contributed by atoms with E-state index in [2.05, 4.69) is 9.88 Å². The quantitative estimate of drug-likeness (QED) is 0.903. The van der Waals surface area contributed by atoms with Gasteiger partial charge in [0.2, 0.25) is 5.89 Å². The van der Waals surface area contributed by atoms with Crippen molar-refractivity contribution in [3.8, 4) is 10.8 Å². The number of thiophene rings is 1. The Morgan fingerprint density at radius 2 is 2.53 bits per heavy atom. The summed E-state index contributed by atoms with van der Waals surface area (Å²) in [6.07, 6.45) is 2.83. The summed E-state index contributed by atoms with van der Waals surface area (Å²) < 4.78 is 5.49. The van der Waals surface area contributed by atoms with E-state index in [1.807, 2.05) is 17.5 Å². The molecule has 1 aliphatic rings. The number of likely N-dealkylation sites (tertiary alicyclic amines) is 1. The molecule has 17 heavy (non-hydrogen) atoms. The van der Waals surface area contributed by atoms with Crippen molar-refractivity contribution in [3.05, 3.63) is 29.5 Å². The van der Waals surface area contributed by atoms with Gasteiger partial charge in [0.15, 0.2) is 0 Å². The summed E-state index contributed by atoms with van der Waals surface area (Å²) in [5.74, 6) is 0.721. The fourth-order valence-corrected chi connectivity index (χ4v) is 2.78. The molecule has 3 heterocycles. The molecule has 0 bridgehead atoms. The third-order valence-corrected chi connectivity index (χ3v) is 3.84. The Hall–Kier alpha value is -1.17. The van der Waals surface area contributed by atoms with Gasteiger partial charge in [-0.2, -0.15) is 0 Å². The van der Waals surface area contributed by atoms with Gasteiger partial charge in [0.1, 0.15) is 6.26 Å². The molecule has 5 heteroatoms.